The number of carboxylic acids is 1. The number of hydrogen-bond donors (Lipinski definition) is 3. The van der Waals surface area contributed by atoms with Gasteiger partial charge in [0.15, 0.2) is 0 Å². The average Bonchev–Trinajstić information content (AvgIpc) is 2.35. The molecule has 0 bridgehead atoms. The van der Waals surface area contributed by atoms with Gasteiger partial charge in [0.25, 0.3) is 0 Å². The van der Waals surface area contributed by atoms with Gasteiger partial charge in [-0.05, 0) is 37.1 Å². The molecule has 1 aromatic carbocycles. The van der Waals surface area contributed by atoms with Crippen molar-refractivity contribution in [3.63, 3.8) is 0 Å². The fraction of sp³-hybridized carbons (Fsp3) is 0.385. The van der Waals surface area contributed by atoms with Crippen molar-refractivity contribution < 1.29 is 14.7 Å². The number of nitrogens with one attached hydrogen (secondary N) is 1. The van der Waals surface area contributed by atoms with Crippen molar-refractivity contribution >= 4 is 27.8 Å². The van der Waals surface area contributed by atoms with Crippen LogP contribution in [0.3, 0.4) is 0 Å². The zero-order valence-corrected chi connectivity index (χ0v) is 12.0. The van der Waals surface area contributed by atoms with E-state index in [9.17, 15) is 9.59 Å². The van der Waals surface area contributed by atoms with E-state index in [2.05, 4.69) is 21.2 Å². The summed E-state index contributed by atoms with van der Waals surface area (Å²) in [5.74, 6) is -1.45. The molecule has 0 aliphatic rings. The number of rotatable bonds is 8. The quantitative estimate of drug-likeness (QED) is 0.670. The summed E-state index contributed by atoms with van der Waals surface area (Å²) in [6.45, 7) is 0.539. The van der Waals surface area contributed by atoms with Crippen LogP contribution in [0.2, 0.25) is 0 Å². The number of hydrogen-bond acceptors (Lipinski definition) is 3. The summed E-state index contributed by atoms with van der Waals surface area (Å²) >= 11 is 3.35. The highest BCUT2D eigenvalue weighted by molar-refractivity contribution is 9.10. The number of halogens is 1. The van der Waals surface area contributed by atoms with E-state index in [1.807, 2.05) is 24.3 Å². The Balaban J connectivity index is 2.37. The molecule has 0 unspecified atom stereocenters. The highest BCUT2D eigenvalue weighted by Crippen LogP contribution is 2.10. The van der Waals surface area contributed by atoms with E-state index in [0.29, 0.717) is 6.54 Å². The average molecular weight is 329 g/mol. The second kappa shape index (κ2) is 7.91. The Morgan fingerprint density at radius 2 is 1.95 bits per heavy atom. The lowest BCUT2D eigenvalue weighted by Crippen LogP contribution is -2.38. The fourth-order valence-corrected chi connectivity index (χ4v) is 1.91. The molecule has 0 saturated carbocycles. The summed E-state index contributed by atoms with van der Waals surface area (Å²) < 4.78 is 1.01. The number of nitrogens with two attached hydrogens (primary N) is 1. The molecule has 6 heteroatoms. The monoisotopic (exact) mass is 328 g/mol. The fourth-order valence-electron chi connectivity index (χ4n) is 1.64. The lowest BCUT2D eigenvalue weighted by atomic mass is 10.1. The molecule has 1 amide bonds. The van der Waals surface area contributed by atoms with E-state index in [1.165, 1.54) is 0 Å². The van der Waals surface area contributed by atoms with E-state index in [-0.39, 0.29) is 12.8 Å². The Bertz CT molecular complexity index is 434. The van der Waals surface area contributed by atoms with Gasteiger partial charge in [0.05, 0.1) is 0 Å². The summed E-state index contributed by atoms with van der Waals surface area (Å²) in [6, 6.07) is 7.10. The normalized spacial score (nSPS) is 12.1. The topological polar surface area (TPSA) is 92.4 Å². The minimum atomic E-state index is -0.961. The van der Waals surface area contributed by atoms with Crippen LogP contribution >= 0.6 is 15.9 Å². The van der Waals surface area contributed by atoms with Gasteiger partial charge in [-0.25, -0.2) is 0 Å². The first-order chi connectivity index (χ1) is 8.99. The molecule has 0 aliphatic carbocycles. The molecule has 1 rings (SSSR count). The van der Waals surface area contributed by atoms with Gasteiger partial charge in [-0.2, -0.15) is 0 Å². The van der Waals surface area contributed by atoms with Crippen LogP contribution in [0.5, 0.6) is 0 Å². The number of carboxylic acid groups (broad SMARTS) is 1. The number of benzene rings is 1. The molecule has 0 aliphatic heterocycles. The van der Waals surface area contributed by atoms with Gasteiger partial charge in [-0.3, -0.25) is 9.59 Å². The Hall–Kier alpha value is -1.40. The van der Waals surface area contributed by atoms with E-state index < -0.39 is 17.9 Å². The summed E-state index contributed by atoms with van der Waals surface area (Å²) in [7, 11) is 0. The third kappa shape index (κ3) is 6.35. The molecule has 0 spiro atoms. The second-order valence-electron chi connectivity index (χ2n) is 4.23. The number of amides is 1. The number of aliphatic carboxylic acids is 1. The third-order valence-corrected chi connectivity index (χ3v) is 3.22. The van der Waals surface area contributed by atoms with Gasteiger partial charge in [0.2, 0.25) is 5.91 Å². The summed E-state index contributed by atoms with van der Waals surface area (Å²) in [5.41, 5.74) is 6.13. The molecule has 4 N–H and O–H groups in total. The van der Waals surface area contributed by atoms with Crippen molar-refractivity contribution in [2.24, 2.45) is 5.73 Å². The molecule has 1 aromatic rings. The Morgan fingerprint density at radius 1 is 1.32 bits per heavy atom. The van der Waals surface area contributed by atoms with Crippen molar-refractivity contribution in [3.8, 4) is 0 Å². The first kappa shape index (κ1) is 15.7. The number of carbonyl (C=O) groups is 2. The van der Waals surface area contributed by atoms with Crippen molar-refractivity contribution in [2.45, 2.75) is 25.3 Å². The zero-order valence-electron chi connectivity index (χ0n) is 10.4. The minimum absolute atomic E-state index is 0.0717. The molecule has 19 heavy (non-hydrogen) atoms. The lowest BCUT2D eigenvalue weighted by Gasteiger charge is -2.13. The number of primary amides is 1. The van der Waals surface area contributed by atoms with E-state index in [4.69, 9.17) is 10.8 Å². The summed E-state index contributed by atoms with van der Waals surface area (Å²) in [6.07, 6.45) is 1.01. The Kier molecular flexibility index (Phi) is 6.52. The van der Waals surface area contributed by atoms with Crippen molar-refractivity contribution in [2.75, 3.05) is 6.54 Å². The van der Waals surface area contributed by atoms with Gasteiger partial charge < -0.3 is 16.2 Å². The molecule has 0 heterocycles. The van der Waals surface area contributed by atoms with Crippen LogP contribution in [0.1, 0.15) is 18.4 Å². The first-order valence-corrected chi connectivity index (χ1v) is 6.77. The first-order valence-electron chi connectivity index (χ1n) is 5.98. The second-order valence-corrected chi connectivity index (χ2v) is 5.14. The van der Waals surface area contributed by atoms with E-state index >= 15 is 0 Å². The third-order valence-electron chi connectivity index (χ3n) is 2.70. The molecule has 5 nitrogen and oxygen atoms in total. The molecule has 0 aromatic heterocycles. The summed E-state index contributed by atoms with van der Waals surface area (Å²) in [4.78, 5) is 21.6. The molecular weight excluding hydrogens is 312 g/mol. The van der Waals surface area contributed by atoms with Crippen LogP contribution in [0.25, 0.3) is 0 Å². The molecule has 1 atom stereocenters. The van der Waals surface area contributed by atoms with Crippen molar-refractivity contribution in [1.29, 1.82) is 0 Å². The predicted molar refractivity (Wildman–Crippen MR) is 75.7 cm³/mol. The van der Waals surface area contributed by atoms with Crippen LogP contribution in [0.15, 0.2) is 28.7 Å². The van der Waals surface area contributed by atoms with Crippen LogP contribution in [-0.2, 0) is 16.0 Å². The molecule has 0 saturated heterocycles. The largest absolute Gasteiger partial charge is 0.480 e. The zero-order chi connectivity index (χ0) is 14.3. The lowest BCUT2D eigenvalue weighted by molar-refractivity contribution is -0.139. The van der Waals surface area contributed by atoms with Gasteiger partial charge in [-0.1, -0.05) is 28.1 Å². The highest BCUT2D eigenvalue weighted by atomic mass is 79.9. The van der Waals surface area contributed by atoms with Crippen molar-refractivity contribution in [3.05, 3.63) is 34.3 Å². The van der Waals surface area contributed by atoms with Gasteiger partial charge in [0.1, 0.15) is 6.04 Å². The van der Waals surface area contributed by atoms with Crippen LogP contribution in [0.4, 0.5) is 0 Å². The SMILES string of the molecule is NC(=O)CC[C@H](NCCc1ccc(Br)cc1)C(=O)O. The number of carbonyl (C=O) groups excluding carboxylic acids is 1. The smallest absolute Gasteiger partial charge is 0.320 e. The predicted octanol–water partition coefficient (Wildman–Crippen LogP) is 1.30. The highest BCUT2D eigenvalue weighted by Gasteiger charge is 2.16. The Labute approximate surface area is 120 Å². The Morgan fingerprint density at radius 3 is 2.47 bits per heavy atom. The maximum absolute atomic E-state index is 11.0. The molecule has 0 radical (unpaired) electrons. The van der Waals surface area contributed by atoms with E-state index in [0.717, 1.165) is 16.5 Å². The van der Waals surface area contributed by atoms with Crippen LogP contribution in [-0.4, -0.2) is 29.6 Å². The van der Waals surface area contributed by atoms with Crippen LogP contribution < -0.4 is 11.1 Å². The van der Waals surface area contributed by atoms with Crippen molar-refractivity contribution in [1.82, 2.24) is 5.32 Å². The minimum Gasteiger partial charge on any atom is -0.480 e. The molecular formula is C13H17BrN2O3. The maximum Gasteiger partial charge on any atom is 0.320 e. The van der Waals surface area contributed by atoms with Gasteiger partial charge >= 0.3 is 5.97 Å². The molecule has 104 valence electrons. The maximum atomic E-state index is 11.0. The van der Waals surface area contributed by atoms with Gasteiger partial charge in [0, 0.05) is 10.9 Å². The van der Waals surface area contributed by atoms with E-state index in [1.54, 1.807) is 0 Å². The van der Waals surface area contributed by atoms with Gasteiger partial charge in [-0.15, -0.1) is 0 Å². The summed E-state index contributed by atoms with van der Waals surface area (Å²) in [5, 5.41) is 11.9. The molecule has 0 fully saturated rings. The van der Waals surface area contributed by atoms with Crippen LogP contribution in [0, 0.1) is 0 Å². The standard InChI is InChI=1S/C13H17BrN2O3/c14-10-3-1-9(2-4-10)7-8-16-11(13(18)19)5-6-12(15)17/h1-4,11,16H,5-8H2,(H2,15,17)(H,18,19)/t11-/m0/s1.